The average molecular weight is 210 g/mol. The van der Waals surface area contributed by atoms with Crippen LogP contribution in [0.15, 0.2) is 0 Å². The molecule has 2 heteroatoms. The summed E-state index contributed by atoms with van der Waals surface area (Å²) in [6.07, 6.45) is 5.76. The van der Waals surface area contributed by atoms with Crippen LogP contribution in [0.3, 0.4) is 0 Å². The molecule has 1 N–H and O–H groups in total. The number of hydrogen-bond acceptors (Lipinski definition) is 2. The number of nitrogens with one attached hydrogen (secondary N) is 1. The molecule has 2 atom stereocenters. The van der Waals surface area contributed by atoms with Gasteiger partial charge in [-0.05, 0) is 51.2 Å². The summed E-state index contributed by atoms with van der Waals surface area (Å²) in [5.41, 5.74) is 0. The molecule has 1 aliphatic carbocycles. The highest BCUT2D eigenvalue weighted by Gasteiger charge is 2.27. The van der Waals surface area contributed by atoms with Crippen molar-refractivity contribution >= 4 is 0 Å². The molecule has 0 aromatic heterocycles. The Morgan fingerprint density at radius 2 is 2.20 bits per heavy atom. The topological polar surface area (TPSA) is 15.3 Å². The van der Waals surface area contributed by atoms with Crippen molar-refractivity contribution in [3.05, 3.63) is 0 Å². The van der Waals surface area contributed by atoms with Gasteiger partial charge < -0.3 is 10.2 Å². The van der Waals surface area contributed by atoms with E-state index in [2.05, 4.69) is 24.1 Å². The molecule has 0 bridgehead atoms. The standard InChI is InChI=1S/C13H26N2/c1-11-9-14-6-3-7-15(10-11)12(2)8-13-4-5-13/h11-14H,3-10H2,1-2H3. The highest BCUT2D eigenvalue weighted by atomic mass is 15.2. The quantitative estimate of drug-likeness (QED) is 0.767. The van der Waals surface area contributed by atoms with Crippen molar-refractivity contribution in [1.82, 2.24) is 10.2 Å². The predicted octanol–water partition coefficient (Wildman–Crippen LogP) is 2.11. The molecule has 1 saturated carbocycles. The molecule has 2 nitrogen and oxygen atoms in total. The molecule has 0 aromatic carbocycles. The third kappa shape index (κ3) is 3.76. The number of nitrogens with zero attached hydrogens (tertiary/aromatic N) is 1. The monoisotopic (exact) mass is 210 g/mol. The van der Waals surface area contributed by atoms with Gasteiger partial charge in [-0.15, -0.1) is 0 Å². The first-order valence-corrected chi connectivity index (χ1v) is 6.70. The van der Waals surface area contributed by atoms with Crippen molar-refractivity contribution in [3.8, 4) is 0 Å². The van der Waals surface area contributed by atoms with Gasteiger partial charge in [0.15, 0.2) is 0 Å². The Hall–Kier alpha value is -0.0800. The normalized spacial score (nSPS) is 32.0. The fourth-order valence-corrected chi connectivity index (χ4v) is 2.70. The summed E-state index contributed by atoms with van der Waals surface area (Å²) in [7, 11) is 0. The Bertz CT molecular complexity index is 189. The second-order valence-electron chi connectivity index (χ2n) is 5.69. The molecule has 2 rings (SSSR count). The zero-order valence-electron chi connectivity index (χ0n) is 10.3. The third-order valence-corrected chi connectivity index (χ3v) is 3.83. The molecule has 15 heavy (non-hydrogen) atoms. The van der Waals surface area contributed by atoms with Gasteiger partial charge in [-0.25, -0.2) is 0 Å². The van der Waals surface area contributed by atoms with Gasteiger partial charge in [0.25, 0.3) is 0 Å². The molecule has 0 amide bonds. The summed E-state index contributed by atoms with van der Waals surface area (Å²) in [4.78, 5) is 2.73. The van der Waals surface area contributed by atoms with Crippen molar-refractivity contribution in [1.29, 1.82) is 0 Å². The molecular weight excluding hydrogens is 184 g/mol. The fourth-order valence-electron chi connectivity index (χ4n) is 2.70. The van der Waals surface area contributed by atoms with E-state index < -0.39 is 0 Å². The second kappa shape index (κ2) is 5.31. The Balaban J connectivity index is 1.80. The van der Waals surface area contributed by atoms with Crippen LogP contribution in [0.25, 0.3) is 0 Å². The zero-order valence-corrected chi connectivity index (χ0v) is 10.3. The number of rotatable bonds is 3. The lowest BCUT2D eigenvalue weighted by Crippen LogP contribution is -2.43. The third-order valence-electron chi connectivity index (χ3n) is 3.83. The van der Waals surface area contributed by atoms with Crippen molar-refractivity contribution in [3.63, 3.8) is 0 Å². The molecule has 2 aliphatic rings. The van der Waals surface area contributed by atoms with Gasteiger partial charge in [0, 0.05) is 12.6 Å². The predicted molar refractivity (Wildman–Crippen MR) is 65.0 cm³/mol. The van der Waals surface area contributed by atoms with E-state index in [1.807, 2.05) is 0 Å². The van der Waals surface area contributed by atoms with E-state index in [1.54, 1.807) is 0 Å². The zero-order chi connectivity index (χ0) is 10.7. The summed E-state index contributed by atoms with van der Waals surface area (Å²) in [6, 6.07) is 0.818. The van der Waals surface area contributed by atoms with E-state index in [4.69, 9.17) is 0 Å². The molecule has 1 aliphatic heterocycles. The van der Waals surface area contributed by atoms with Gasteiger partial charge in [0.2, 0.25) is 0 Å². The van der Waals surface area contributed by atoms with Crippen LogP contribution in [-0.4, -0.2) is 37.1 Å². The van der Waals surface area contributed by atoms with Crippen LogP contribution in [0.5, 0.6) is 0 Å². The second-order valence-corrected chi connectivity index (χ2v) is 5.69. The first kappa shape index (κ1) is 11.4. The maximum Gasteiger partial charge on any atom is 0.00696 e. The summed E-state index contributed by atoms with van der Waals surface area (Å²) < 4.78 is 0. The van der Waals surface area contributed by atoms with Crippen molar-refractivity contribution in [2.45, 2.75) is 45.6 Å². The van der Waals surface area contributed by atoms with E-state index in [1.165, 1.54) is 51.9 Å². The van der Waals surface area contributed by atoms with Crippen LogP contribution in [0.1, 0.15) is 39.5 Å². The lowest BCUT2D eigenvalue weighted by Gasteiger charge is -2.33. The first-order chi connectivity index (χ1) is 7.25. The van der Waals surface area contributed by atoms with Gasteiger partial charge in [-0.1, -0.05) is 19.8 Å². The Kier molecular flexibility index (Phi) is 4.04. The molecule has 1 saturated heterocycles. The summed E-state index contributed by atoms with van der Waals surface area (Å²) in [6.45, 7) is 9.80. The van der Waals surface area contributed by atoms with Crippen molar-refractivity contribution < 1.29 is 0 Å². The molecule has 0 aromatic rings. The van der Waals surface area contributed by atoms with Crippen LogP contribution in [0.4, 0.5) is 0 Å². The van der Waals surface area contributed by atoms with Gasteiger partial charge in [-0.2, -0.15) is 0 Å². The highest BCUT2D eigenvalue weighted by Crippen LogP contribution is 2.34. The van der Waals surface area contributed by atoms with Crippen molar-refractivity contribution in [2.75, 3.05) is 26.2 Å². The van der Waals surface area contributed by atoms with Crippen LogP contribution < -0.4 is 5.32 Å². The Morgan fingerprint density at radius 1 is 1.40 bits per heavy atom. The largest absolute Gasteiger partial charge is 0.316 e. The fraction of sp³-hybridized carbons (Fsp3) is 1.00. The highest BCUT2D eigenvalue weighted by molar-refractivity contribution is 4.81. The first-order valence-electron chi connectivity index (χ1n) is 6.70. The maximum absolute atomic E-state index is 3.52. The van der Waals surface area contributed by atoms with E-state index in [0.717, 1.165) is 17.9 Å². The Labute approximate surface area is 94.4 Å². The van der Waals surface area contributed by atoms with Crippen LogP contribution in [0.2, 0.25) is 0 Å². The van der Waals surface area contributed by atoms with Crippen LogP contribution >= 0.6 is 0 Å². The van der Waals surface area contributed by atoms with E-state index in [-0.39, 0.29) is 0 Å². The van der Waals surface area contributed by atoms with E-state index >= 15 is 0 Å². The Morgan fingerprint density at radius 3 is 2.93 bits per heavy atom. The molecule has 2 unspecified atom stereocenters. The summed E-state index contributed by atoms with van der Waals surface area (Å²) >= 11 is 0. The van der Waals surface area contributed by atoms with E-state index in [0.29, 0.717) is 0 Å². The molecular formula is C13H26N2. The van der Waals surface area contributed by atoms with Gasteiger partial charge in [0.05, 0.1) is 0 Å². The van der Waals surface area contributed by atoms with Gasteiger partial charge in [0.1, 0.15) is 0 Å². The summed E-state index contributed by atoms with van der Waals surface area (Å²) in [5.74, 6) is 1.88. The van der Waals surface area contributed by atoms with Crippen LogP contribution in [0, 0.1) is 11.8 Å². The minimum atomic E-state index is 0.812. The van der Waals surface area contributed by atoms with Gasteiger partial charge >= 0.3 is 0 Å². The molecule has 0 radical (unpaired) electrons. The van der Waals surface area contributed by atoms with E-state index in [9.17, 15) is 0 Å². The molecule has 2 fully saturated rings. The minimum Gasteiger partial charge on any atom is -0.316 e. The lowest BCUT2D eigenvalue weighted by atomic mass is 10.1. The molecule has 88 valence electrons. The smallest absolute Gasteiger partial charge is 0.00696 e. The molecule has 0 spiro atoms. The maximum atomic E-state index is 3.52. The summed E-state index contributed by atoms with van der Waals surface area (Å²) in [5, 5.41) is 3.52. The van der Waals surface area contributed by atoms with Crippen molar-refractivity contribution in [2.24, 2.45) is 11.8 Å². The number of hydrogen-bond donors (Lipinski definition) is 1. The van der Waals surface area contributed by atoms with Crippen LogP contribution in [-0.2, 0) is 0 Å². The molecule has 1 heterocycles. The average Bonchev–Trinajstić information content (AvgIpc) is 2.94. The van der Waals surface area contributed by atoms with Gasteiger partial charge in [-0.3, -0.25) is 0 Å². The SMILES string of the molecule is CC1CNCCCN(C(C)CC2CC2)C1. The minimum absolute atomic E-state index is 0.812. The lowest BCUT2D eigenvalue weighted by molar-refractivity contribution is 0.155.